The normalized spacial score (nSPS) is 15.2. The highest BCUT2D eigenvalue weighted by atomic mass is 16.5. The second-order valence-corrected chi connectivity index (χ2v) is 7.90. The van der Waals surface area contributed by atoms with E-state index in [-0.39, 0.29) is 6.04 Å². The van der Waals surface area contributed by atoms with Gasteiger partial charge in [0.05, 0.1) is 53.0 Å². The topological polar surface area (TPSA) is 61.8 Å². The van der Waals surface area contributed by atoms with Gasteiger partial charge >= 0.3 is 0 Å². The van der Waals surface area contributed by atoms with Crippen LogP contribution in [0.15, 0.2) is 71.8 Å². The minimum atomic E-state index is -0.0831. The van der Waals surface area contributed by atoms with Gasteiger partial charge in [-0.15, -0.1) is 0 Å². The number of methoxy groups -OCH3 is 5. The van der Waals surface area contributed by atoms with Crippen molar-refractivity contribution < 1.29 is 23.7 Å². The maximum Gasteiger partial charge on any atom is 0.126 e. The predicted octanol–water partition coefficient (Wildman–Crippen LogP) is 5.75. The standard InChI is InChI=1S/C28H30N2O5/c1-31-22-10-8-21(9-11-22)30-26(25-18-24(33-3)13-15-28(25)35-5)17-20(29-30)7-6-19-16-23(32-2)12-14-27(19)34-4/h6-16,18,26H,17H2,1-5H3. The van der Waals surface area contributed by atoms with E-state index in [1.165, 1.54) is 0 Å². The van der Waals surface area contributed by atoms with Crippen LogP contribution in [0.3, 0.4) is 0 Å². The lowest BCUT2D eigenvalue weighted by Gasteiger charge is -2.26. The summed E-state index contributed by atoms with van der Waals surface area (Å²) in [5.41, 5.74) is 3.77. The molecule has 7 heteroatoms. The molecular formula is C28H30N2O5. The predicted molar refractivity (Wildman–Crippen MR) is 138 cm³/mol. The minimum Gasteiger partial charge on any atom is -0.497 e. The summed E-state index contributed by atoms with van der Waals surface area (Å²) in [5, 5.41) is 6.98. The van der Waals surface area contributed by atoms with Gasteiger partial charge in [0.2, 0.25) is 0 Å². The fourth-order valence-corrected chi connectivity index (χ4v) is 4.10. The highest BCUT2D eigenvalue weighted by molar-refractivity contribution is 6.01. The van der Waals surface area contributed by atoms with Crippen LogP contribution >= 0.6 is 0 Å². The molecule has 1 aliphatic heterocycles. The van der Waals surface area contributed by atoms with Crippen molar-refractivity contribution in [3.63, 3.8) is 0 Å². The number of hydrazone groups is 1. The third kappa shape index (κ3) is 5.19. The van der Waals surface area contributed by atoms with Crippen molar-refractivity contribution in [3.8, 4) is 28.7 Å². The van der Waals surface area contributed by atoms with Crippen molar-refractivity contribution in [2.75, 3.05) is 40.6 Å². The molecule has 1 heterocycles. The SMILES string of the molecule is COc1ccc(N2N=C(C=Cc3cc(OC)ccc3OC)CC2c2cc(OC)ccc2OC)cc1. The largest absolute Gasteiger partial charge is 0.497 e. The molecular weight excluding hydrogens is 444 g/mol. The number of ether oxygens (including phenoxy) is 5. The maximum atomic E-state index is 5.70. The summed E-state index contributed by atoms with van der Waals surface area (Å²) in [7, 11) is 8.29. The Morgan fingerprint density at radius 1 is 0.686 bits per heavy atom. The monoisotopic (exact) mass is 474 g/mol. The first-order valence-corrected chi connectivity index (χ1v) is 11.2. The summed E-state index contributed by atoms with van der Waals surface area (Å²) in [4.78, 5) is 0. The van der Waals surface area contributed by atoms with E-state index < -0.39 is 0 Å². The molecule has 3 aromatic rings. The molecule has 0 bridgehead atoms. The Labute approximate surface area is 206 Å². The lowest BCUT2D eigenvalue weighted by Crippen LogP contribution is -2.19. The minimum absolute atomic E-state index is 0.0831. The molecule has 0 amide bonds. The number of benzene rings is 3. The highest BCUT2D eigenvalue weighted by Gasteiger charge is 2.31. The van der Waals surface area contributed by atoms with Crippen LogP contribution in [-0.4, -0.2) is 41.3 Å². The number of allylic oxidation sites excluding steroid dienone is 1. The maximum absolute atomic E-state index is 5.70. The van der Waals surface area contributed by atoms with Crippen LogP contribution in [0.1, 0.15) is 23.6 Å². The molecule has 1 atom stereocenters. The van der Waals surface area contributed by atoms with Gasteiger partial charge in [0.25, 0.3) is 0 Å². The summed E-state index contributed by atoms with van der Waals surface area (Å²) in [6, 6.07) is 19.3. The van der Waals surface area contributed by atoms with Crippen molar-refractivity contribution in [3.05, 3.63) is 77.9 Å². The van der Waals surface area contributed by atoms with Crippen molar-refractivity contribution in [1.82, 2.24) is 0 Å². The number of nitrogens with zero attached hydrogens (tertiary/aromatic N) is 2. The molecule has 0 saturated heterocycles. The van der Waals surface area contributed by atoms with Crippen LogP contribution in [0.5, 0.6) is 28.7 Å². The zero-order valence-corrected chi connectivity index (χ0v) is 20.6. The van der Waals surface area contributed by atoms with Crippen LogP contribution in [0.4, 0.5) is 5.69 Å². The molecule has 0 aliphatic carbocycles. The van der Waals surface area contributed by atoms with Gasteiger partial charge in [-0.05, 0) is 72.8 Å². The van der Waals surface area contributed by atoms with E-state index in [1.54, 1.807) is 35.5 Å². The van der Waals surface area contributed by atoms with Gasteiger partial charge in [-0.2, -0.15) is 5.10 Å². The average Bonchev–Trinajstić information content (AvgIpc) is 3.35. The summed E-state index contributed by atoms with van der Waals surface area (Å²) in [6.07, 6.45) is 4.69. The van der Waals surface area contributed by atoms with Gasteiger partial charge in [-0.25, -0.2) is 0 Å². The Morgan fingerprint density at radius 3 is 1.91 bits per heavy atom. The number of anilines is 1. The Kier molecular flexibility index (Phi) is 7.45. The van der Waals surface area contributed by atoms with E-state index in [4.69, 9.17) is 28.8 Å². The molecule has 1 aliphatic rings. The third-order valence-corrected chi connectivity index (χ3v) is 5.96. The first kappa shape index (κ1) is 24.0. The van der Waals surface area contributed by atoms with Crippen molar-refractivity contribution >= 4 is 17.5 Å². The van der Waals surface area contributed by atoms with E-state index in [9.17, 15) is 0 Å². The van der Waals surface area contributed by atoms with Gasteiger partial charge in [-0.3, -0.25) is 5.01 Å². The Balaban J connectivity index is 1.73. The Morgan fingerprint density at radius 2 is 1.29 bits per heavy atom. The molecule has 0 saturated carbocycles. The van der Waals surface area contributed by atoms with Crippen molar-refractivity contribution in [2.45, 2.75) is 12.5 Å². The van der Waals surface area contributed by atoms with Crippen molar-refractivity contribution in [2.24, 2.45) is 5.10 Å². The number of hydrogen-bond donors (Lipinski definition) is 0. The van der Waals surface area contributed by atoms with Gasteiger partial charge < -0.3 is 23.7 Å². The van der Waals surface area contributed by atoms with Crippen LogP contribution in [-0.2, 0) is 0 Å². The van der Waals surface area contributed by atoms with E-state index in [2.05, 4.69) is 0 Å². The highest BCUT2D eigenvalue weighted by Crippen LogP contribution is 2.41. The van der Waals surface area contributed by atoms with Crippen LogP contribution in [0.2, 0.25) is 0 Å². The molecule has 182 valence electrons. The summed E-state index contributed by atoms with van der Waals surface area (Å²) in [6.45, 7) is 0. The van der Waals surface area contributed by atoms with Crippen LogP contribution in [0.25, 0.3) is 6.08 Å². The fourth-order valence-electron chi connectivity index (χ4n) is 4.10. The molecule has 4 rings (SSSR count). The zero-order valence-electron chi connectivity index (χ0n) is 20.6. The average molecular weight is 475 g/mol. The molecule has 0 fully saturated rings. The Bertz CT molecular complexity index is 1220. The van der Waals surface area contributed by atoms with Gasteiger partial charge in [-0.1, -0.05) is 0 Å². The molecule has 1 unspecified atom stereocenters. The smallest absolute Gasteiger partial charge is 0.126 e. The van der Waals surface area contributed by atoms with E-state index in [1.807, 2.05) is 77.8 Å². The molecule has 35 heavy (non-hydrogen) atoms. The molecule has 0 radical (unpaired) electrons. The van der Waals surface area contributed by atoms with Gasteiger partial charge in [0.15, 0.2) is 0 Å². The third-order valence-electron chi connectivity index (χ3n) is 5.96. The fraction of sp³-hybridized carbons (Fsp3) is 0.250. The molecule has 0 N–H and O–H groups in total. The first-order valence-electron chi connectivity index (χ1n) is 11.2. The summed E-state index contributed by atoms with van der Waals surface area (Å²) >= 11 is 0. The van der Waals surface area contributed by atoms with E-state index >= 15 is 0 Å². The van der Waals surface area contributed by atoms with Crippen LogP contribution in [0, 0.1) is 0 Å². The Hall–Kier alpha value is -4.13. The van der Waals surface area contributed by atoms with E-state index in [0.717, 1.165) is 51.3 Å². The quantitative estimate of drug-likeness (QED) is 0.394. The second kappa shape index (κ2) is 10.9. The molecule has 7 nitrogen and oxygen atoms in total. The van der Waals surface area contributed by atoms with Crippen LogP contribution < -0.4 is 28.7 Å². The summed E-state index contributed by atoms with van der Waals surface area (Å²) in [5.74, 6) is 3.86. The number of rotatable bonds is 9. The molecule has 0 spiro atoms. The van der Waals surface area contributed by atoms with Gasteiger partial charge in [0.1, 0.15) is 28.7 Å². The lowest BCUT2D eigenvalue weighted by molar-refractivity contribution is 0.395. The van der Waals surface area contributed by atoms with Gasteiger partial charge in [0, 0.05) is 17.5 Å². The zero-order chi connectivity index (χ0) is 24.8. The van der Waals surface area contributed by atoms with Crippen molar-refractivity contribution in [1.29, 1.82) is 0 Å². The number of hydrogen-bond acceptors (Lipinski definition) is 7. The summed E-state index contributed by atoms with van der Waals surface area (Å²) < 4.78 is 27.4. The molecule has 0 aromatic heterocycles. The lowest BCUT2D eigenvalue weighted by atomic mass is 9.99. The molecule has 3 aromatic carbocycles. The van der Waals surface area contributed by atoms with E-state index in [0.29, 0.717) is 6.42 Å². The first-order chi connectivity index (χ1) is 17.1. The second-order valence-electron chi connectivity index (χ2n) is 7.90.